The van der Waals surface area contributed by atoms with Crippen LogP contribution in [0.4, 0.5) is 0 Å². The first kappa shape index (κ1) is 12.5. The lowest BCUT2D eigenvalue weighted by atomic mass is 9.97. The molecule has 1 rings (SSSR count). The molecule has 0 aromatic rings. The minimum Gasteiger partial charge on any atom is -0.367 e. The third kappa shape index (κ3) is 4.65. The first-order valence-corrected chi connectivity index (χ1v) is 6.18. The topological polar surface area (TPSA) is 52.3 Å². The smallest absolute Gasteiger partial charge is 0.246 e. The van der Waals surface area contributed by atoms with Gasteiger partial charge in [-0.2, -0.15) is 0 Å². The fourth-order valence-corrected chi connectivity index (χ4v) is 2.10. The van der Waals surface area contributed by atoms with Crippen molar-refractivity contribution in [3.05, 3.63) is 0 Å². The predicted molar refractivity (Wildman–Crippen MR) is 60.5 cm³/mol. The molecule has 88 valence electrons. The van der Waals surface area contributed by atoms with Crippen LogP contribution in [0.3, 0.4) is 0 Å². The summed E-state index contributed by atoms with van der Waals surface area (Å²) in [6.07, 6.45) is 8.73. The summed E-state index contributed by atoms with van der Waals surface area (Å²) in [4.78, 5) is 11.2. The maximum Gasteiger partial charge on any atom is 0.246 e. The summed E-state index contributed by atoms with van der Waals surface area (Å²) in [7, 11) is 0. The minimum atomic E-state index is -0.354. The van der Waals surface area contributed by atoms with Crippen molar-refractivity contribution in [1.29, 1.82) is 0 Å². The van der Waals surface area contributed by atoms with E-state index in [0.29, 0.717) is 0 Å². The first-order valence-electron chi connectivity index (χ1n) is 6.18. The fraction of sp³-hybridized carbons (Fsp3) is 0.917. The number of carbonyl (C=O) groups is 1. The molecule has 0 aromatic carbocycles. The second-order valence-electron chi connectivity index (χ2n) is 4.43. The van der Waals surface area contributed by atoms with Gasteiger partial charge in [-0.3, -0.25) is 4.79 Å². The van der Waals surface area contributed by atoms with Crippen molar-refractivity contribution in [3.63, 3.8) is 0 Å². The number of rotatable bonds is 6. The lowest BCUT2D eigenvalue weighted by Gasteiger charge is -2.26. The Kier molecular flexibility index (Phi) is 5.69. The maximum atomic E-state index is 11.2. The van der Waals surface area contributed by atoms with Crippen molar-refractivity contribution in [2.75, 3.05) is 0 Å². The molecule has 1 fully saturated rings. The van der Waals surface area contributed by atoms with Gasteiger partial charge in [0.05, 0.1) is 6.10 Å². The third-order valence-corrected chi connectivity index (χ3v) is 3.05. The van der Waals surface area contributed by atoms with Gasteiger partial charge in [0, 0.05) is 0 Å². The average molecular weight is 213 g/mol. The Bertz CT molecular complexity index is 188. The summed E-state index contributed by atoms with van der Waals surface area (Å²) in [5.41, 5.74) is 5.33. The molecule has 0 radical (unpaired) electrons. The molecule has 15 heavy (non-hydrogen) atoms. The number of unbranched alkanes of at least 4 members (excludes halogenated alkanes) is 1. The van der Waals surface area contributed by atoms with Crippen molar-refractivity contribution >= 4 is 5.91 Å². The van der Waals surface area contributed by atoms with E-state index >= 15 is 0 Å². The van der Waals surface area contributed by atoms with E-state index in [1.54, 1.807) is 0 Å². The molecule has 1 atom stereocenters. The molecule has 3 nitrogen and oxygen atoms in total. The highest BCUT2D eigenvalue weighted by Crippen LogP contribution is 2.22. The zero-order valence-corrected chi connectivity index (χ0v) is 9.71. The van der Waals surface area contributed by atoms with Crippen LogP contribution in [0, 0.1) is 0 Å². The number of primary amides is 1. The van der Waals surface area contributed by atoms with Gasteiger partial charge in [-0.15, -0.1) is 0 Å². The van der Waals surface area contributed by atoms with Crippen LogP contribution >= 0.6 is 0 Å². The Morgan fingerprint density at radius 3 is 2.60 bits per heavy atom. The van der Waals surface area contributed by atoms with Gasteiger partial charge in [-0.05, 0) is 19.3 Å². The van der Waals surface area contributed by atoms with Gasteiger partial charge in [-0.1, -0.05) is 39.0 Å². The van der Waals surface area contributed by atoms with Gasteiger partial charge in [0.1, 0.15) is 6.10 Å². The molecule has 1 aliphatic rings. The van der Waals surface area contributed by atoms with E-state index in [-0.39, 0.29) is 18.1 Å². The third-order valence-electron chi connectivity index (χ3n) is 3.05. The highest BCUT2D eigenvalue weighted by molar-refractivity contribution is 5.78. The first-order chi connectivity index (χ1) is 7.24. The van der Waals surface area contributed by atoms with E-state index in [1.807, 2.05) is 0 Å². The normalized spacial score (nSPS) is 20.1. The van der Waals surface area contributed by atoms with Gasteiger partial charge >= 0.3 is 0 Å². The van der Waals surface area contributed by atoms with Crippen molar-refractivity contribution < 1.29 is 9.53 Å². The van der Waals surface area contributed by atoms with Gasteiger partial charge in [-0.25, -0.2) is 0 Å². The summed E-state index contributed by atoms with van der Waals surface area (Å²) in [6, 6.07) is 0. The molecule has 1 saturated carbocycles. The molecule has 1 unspecified atom stereocenters. The fourth-order valence-electron chi connectivity index (χ4n) is 2.10. The standard InChI is InChI=1S/C12H23NO2/c1-2-3-9-11(12(13)14)15-10-7-5-4-6-8-10/h10-11H,2-9H2,1H3,(H2,13,14). The van der Waals surface area contributed by atoms with Crippen LogP contribution in [-0.2, 0) is 9.53 Å². The second kappa shape index (κ2) is 6.83. The zero-order chi connectivity index (χ0) is 11.1. The minimum absolute atomic E-state index is 0.271. The molecule has 0 spiro atoms. The van der Waals surface area contributed by atoms with Crippen LogP contribution < -0.4 is 5.73 Å². The largest absolute Gasteiger partial charge is 0.367 e. The Balaban J connectivity index is 2.31. The van der Waals surface area contributed by atoms with Crippen LogP contribution in [0.2, 0.25) is 0 Å². The molecule has 0 heterocycles. The molecule has 0 aliphatic heterocycles. The van der Waals surface area contributed by atoms with Gasteiger partial charge < -0.3 is 10.5 Å². The maximum absolute atomic E-state index is 11.2. The lowest BCUT2D eigenvalue weighted by molar-refractivity contribution is -0.135. The number of amides is 1. The van der Waals surface area contributed by atoms with Gasteiger partial charge in [0.2, 0.25) is 5.91 Å². The van der Waals surface area contributed by atoms with Crippen molar-refractivity contribution in [2.24, 2.45) is 5.73 Å². The van der Waals surface area contributed by atoms with E-state index in [1.165, 1.54) is 19.3 Å². The molecule has 0 aromatic heterocycles. The number of hydrogen-bond acceptors (Lipinski definition) is 2. The van der Waals surface area contributed by atoms with Gasteiger partial charge in [0.15, 0.2) is 0 Å². The zero-order valence-electron chi connectivity index (χ0n) is 9.71. The van der Waals surface area contributed by atoms with Crippen LogP contribution in [0.25, 0.3) is 0 Å². The Hall–Kier alpha value is -0.570. The summed E-state index contributed by atoms with van der Waals surface area (Å²) >= 11 is 0. The molecule has 2 N–H and O–H groups in total. The highest BCUT2D eigenvalue weighted by atomic mass is 16.5. The van der Waals surface area contributed by atoms with E-state index in [0.717, 1.165) is 32.1 Å². The number of carbonyl (C=O) groups excluding carboxylic acids is 1. The molecule has 0 saturated heterocycles. The van der Waals surface area contributed by atoms with Crippen molar-refractivity contribution in [3.8, 4) is 0 Å². The molecule has 1 amide bonds. The Morgan fingerprint density at radius 1 is 1.40 bits per heavy atom. The summed E-state index contributed by atoms with van der Waals surface area (Å²) in [5.74, 6) is -0.297. The van der Waals surface area contributed by atoms with E-state index in [4.69, 9.17) is 10.5 Å². The second-order valence-corrected chi connectivity index (χ2v) is 4.43. The molecular weight excluding hydrogens is 190 g/mol. The van der Waals surface area contributed by atoms with E-state index in [2.05, 4.69) is 6.92 Å². The Morgan fingerprint density at radius 2 is 2.07 bits per heavy atom. The van der Waals surface area contributed by atoms with Crippen LogP contribution in [0.5, 0.6) is 0 Å². The van der Waals surface area contributed by atoms with E-state index < -0.39 is 0 Å². The SMILES string of the molecule is CCCCC(OC1CCCCC1)C(N)=O. The predicted octanol–water partition coefficient (Wildman–Crippen LogP) is 2.38. The van der Waals surface area contributed by atoms with Gasteiger partial charge in [0.25, 0.3) is 0 Å². The number of ether oxygens (including phenoxy) is 1. The monoisotopic (exact) mass is 213 g/mol. The van der Waals surface area contributed by atoms with Crippen molar-refractivity contribution in [1.82, 2.24) is 0 Å². The molecular formula is C12H23NO2. The van der Waals surface area contributed by atoms with Crippen LogP contribution in [0.15, 0.2) is 0 Å². The van der Waals surface area contributed by atoms with Crippen LogP contribution in [0.1, 0.15) is 58.3 Å². The average Bonchev–Trinajstić information content (AvgIpc) is 2.25. The van der Waals surface area contributed by atoms with E-state index in [9.17, 15) is 4.79 Å². The quantitative estimate of drug-likeness (QED) is 0.736. The molecule has 3 heteroatoms. The molecule has 0 bridgehead atoms. The summed E-state index contributed by atoms with van der Waals surface area (Å²) in [6.45, 7) is 2.11. The number of hydrogen-bond donors (Lipinski definition) is 1. The highest BCUT2D eigenvalue weighted by Gasteiger charge is 2.22. The molecule has 1 aliphatic carbocycles. The van der Waals surface area contributed by atoms with Crippen molar-refractivity contribution in [2.45, 2.75) is 70.5 Å². The summed E-state index contributed by atoms with van der Waals surface area (Å²) in [5, 5.41) is 0. The Labute approximate surface area is 92.4 Å². The number of nitrogens with two attached hydrogens (primary N) is 1. The summed E-state index contributed by atoms with van der Waals surface area (Å²) < 4.78 is 5.78. The van der Waals surface area contributed by atoms with Crippen LogP contribution in [-0.4, -0.2) is 18.1 Å². The lowest BCUT2D eigenvalue weighted by Crippen LogP contribution is -2.35.